The summed E-state index contributed by atoms with van der Waals surface area (Å²) in [6.07, 6.45) is 16.5. The molecule has 3 amide bonds. The number of aromatic nitrogens is 7. The molecule has 0 spiro atoms. The molecule has 9 N–H and O–H groups in total. The number of amides is 3. The molecule has 0 radical (unpaired) electrons. The fraction of sp³-hybridized carbons (Fsp3) is 0.674. The minimum absolute atomic E-state index is 0.0248. The number of Topliss-reactive ketones (excluding diaryl/α,β-unsaturated/α-hetero) is 3. The lowest BCUT2D eigenvalue weighted by atomic mass is 9.80. The number of amidine groups is 1. The number of allylic oxidation sites excluding steroid dienone is 6. The molecule has 7 heterocycles. The first-order valence-electron chi connectivity index (χ1n) is 44.0. The third-order valence-electron chi connectivity index (χ3n) is 23.4. The largest absolute Gasteiger partial charge is 0.459 e. The van der Waals surface area contributed by atoms with Crippen molar-refractivity contribution in [3.8, 4) is 11.3 Å². The van der Waals surface area contributed by atoms with Crippen LogP contribution in [0.3, 0.4) is 0 Å². The van der Waals surface area contributed by atoms with Gasteiger partial charge in [-0.15, -0.1) is 5.10 Å². The number of anilines is 1. The van der Waals surface area contributed by atoms with Crippen molar-refractivity contribution in [3.63, 3.8) is 0 Å². The van der Waals surface area contributed by atoms with Crippen molar-refractivity contribution < 1.29 is 101 Å². The van der Waals surface area contributed by atoms with E-state index in [0.29, 0.717) is 221 Å². The Kier molecular flexibility index (Phi) is 42.1. The summed E-state index contributed by atoms with van der Waals surface area (Å²) in [6, 6.07) is 5.04. The Bertz CT molecular complexity index is 4220. The molecule has 34 nitrogen and oxygen atoms in total. The smallest absolute Gasteiger partial charge is 0.329 e. The van der Waals surface area contributed by atoms with Gasteiger partial charge in [0.05, 0.1) is 128 Å². The van der Waals surface area contributed by atoms with Crippen LogP contribution in [0.5, 0.6) is 0 Å². The number of thioether (sulfide) groups is 1. The van der Waals surface area contributed by atoms with Gasteiger partial charge in [-0.05, 0) is 145 Å². The van der Waals surface area contributed by atoms with Crippen molar-refractivity contribution in [2.24, 2.45) is 40.3 Å². The van der Waals surface area contributed by atoms with Crippen LogP contribution in [-0.4, -0.2) is 287 Å². The van der Waals surface area contributed by atoms with E-state index >= 15 is 0 Å². The van der Waals surface area contributed by atoms with Crippen molar-refractivity contribution >= 4 is 74.8 Å². The number of carbonyl (C=O) groups is 7. The van der Waals surface area contributed by atoms with Gasteiger partial charge in [-0.2, -0.15) is 5.10 Å². The maximum atomic E-state index is 14.7. The van der Waals surface area contributed by atoms with Crippen LogP contribution in [0.2, 0.25) is 0 Å². The quantitative estimate of drug-likeness (QED) is 0.0101. The molecular weight excluding hydrogens is 1620 g/mol. The van der Waals surface area contributed by atoms with Crippen LogP contribution in [0.15, 0.2) is 89.4 Å². The summed E-state index contributed by atoms with van der Waals surface area (Å²) in [7, 11) is 3.20. The molecule has 3 fully saturated rings. The third-order valence-corrected chi connectivity index (χ3v) is 24.3. The van der Waals surface area contributed by atoms with Gasteiger partial charge in [-0.25, -0.2) is 24.1 Å². The molecule has 3 aromatic heterocycles. The van der Waals surface area contributed by atoms with E-state index < -0.39 is 95.4 Å². The summed E-state index contributed by atoms with van der Waals surface area (Å²) in [5.41, 5.74) is 17.6. The summed E-state index contributed by atoms with van der Waals surface area (Å²) in [5.74, 6) is -8.13. The first-order chi connectivity index (χ1) is 59.8. The number of aliphatic hydroxyl groups is 3. The van der Waals surface area contributed by atoms with Crippen molar-refractivity contribution in [2.75, 3.05) is 131 Å². The van der Waals surface area contributed by atoms with Gasteiger partial charge < -0.3 is 94.4 Å². The van der Waals surface area contributed by atoms with Crippen molar-refractivity contribution in [3.05, 3.63) is 95.6 Å². The van der Waals surface area contributed by atoms with Crippen molar-refractivity contribution in [1.82, 2.24) is 50.3 Å². The lowest BCUT2D eigenvalue weighted by Gasteiger charge is -2.42. The number of aliphatic imine (C=N–C) groups is 1. The number of esters is 1. The highest BCUT2D eigenvalue weighted by Gasteiger charge is 2.53. The van der Waals surface area contributed by atoms with Gasteiger partial charge in [-0.3, -0.25) is 33.8 Å². The number of nitrogen functional groups attached to an aromatic ring is 1. The van der Waals surface area contributed by atoms with Crippen LogP contribution in [0, 0.1) is 29.6 Å². The Balaban J connectivity index is 0.608. The molecule has 4 aliphatic heterocycles. The number of piperidine rings is 1. The van der Waals surface area contributed by atoms with Crippen LogP contribution < -0.4 is 22.1 Å². The molecule has 4 aromatic rings. The number of ketones is 3. The second kappa shape index (κ2) is 52.3. The summed E-state index contributed by atoms with van der Waals surface area (Å²) in [4.78, 5) is 111. The number of aryl methyl sites for hydroxylation is 2. The number of nitrogens with two attached hydrogens (primary N) is 2. The van der Waals surface area contributed by atoms with Crippen LogP contribution in [0.4, 0.5) is 5.82 Å². The van der Waals surface area contributed by atoms with Gasteiger partial charge in [0, 0.05) is 107 Å². The second-order valence-corrected chi connectivity index (χ2v) is 34.0. The molecule has 2 saturated heterocycles. The molecule has 35 heteroatoms. The summed E-state index contributed by atoms with van der Waals surface area (Å²) >= 11 is 1.51. The number of benzene rings is 1. The molecule has 9 rings (SSSR count). The zero-order valence-corrected chi connectivity index (χ0v) is 74.3. The number of hydrogen-bond donors (Lipinski definition) is 7. The molecule has 124 heavy (non-hydrogen) atoms. The van der Waals surface area contributed by atoms with E-state index in [-0.39, 0.29) is 80.3 Å². The van der Waals surface area contributed by atoms with Gasteiger partial charge in [0.15, 0.2) is 16.6 Å². The van der Waals surface area contributed by atoms with Crippen LogP contribution in [0.1, 0.15) is 167 Å². The third kappa shape index (κ3) is 30.9. The minimum Gasteiger partial charge on any atom is -0.459 e. The molecular formula is C89H133N13O21S. The van der Waals surface area contributed by atoms with E-state index in [0.717, 1.165) is 34.8 Å². The fourth-order valence-corrected chi connectivity index (χ4v) is 16.8. The highest BCUT2D eigenvalue weighted by atomic mass is 32.2. The van der Waals surface area contributed by atoms with Gasteiger partial charge >= 0.3 is 5.97 Å². The maximum Gasteiger partial charge on any atom is 0.329 e. The molecule has 0 unspecified atom stereocenters. The standard InChI is InChI=1S/C89H133N13O21S/c1-58-19-10-9-11-20-59(2)73(113-7)54-68-27-25-63(6)89(112,123-68)82(108)86(110)101-32-15-12-24-70(101)87(111)122-74(55-71(103)60(3)50-62(5)80(106)81(107)79(105)61(4)49-58)69(90)51-64-26-28-72(75(52-64)114-8)121-35-17-13-23-67-56-100(99-97-67)34-37-116-39-41-118-43-45-120-47-46-119-44-42-117-40-38-115-36-29-76(104)92-30-14-16-33-102-84-77(83(91)94-57-95-84)78(98-102)65-21-18-22-66(53-65)85(109)96-88-93-31-48-124-88/h9-11,18-22,50,53,56-58,60-61,63-64,68-70,72-75,80-81,106-107,112H,12-17,23-49,51-52,54-55,90H2,1-8H3,(H,92,104)(H2,91,94,95)(H,93,96,109)/b11-9?,19-10+,59-20?,62-50+/t58-,60-,61-,63-,64+,68+,69-,70+,72-,73+,74+,75-,80-,81+,89-/m1/s1. The summed E-state index contributed by atoms with van der Waals surface area (Å²) in [5, 5.41) is 55.1. The molecule has 686 valence electrons. The van der Waals surface area contributed by atoms with E-state index in [4.69, 9.17) is 68.7 Å². The molecule has 15 atom stereocenters. The fourth-order valence-electron chi connectivity index (χ4n) is 16.1. The van der Waals surface area contributed by atoms with Crippen molar-refractivity contribution in [2.45, 2.75) is 231 Å². The number of rotatable bonds is 39. The number of nitrogens with zero attached hydrogens (tertiary/aromatic N) is 9. The lowest BCUT2D eigenvalue weighted by Crippen LogP contribution is -2.61. The summed E-state index contributed by atoms with van der Waals surface area (Å²) < 4.78 is 68.2. The number of nitrogens with one attached hydrogen (secondary N) is 2. The van der Waals surface area contributed by atoms with E-state index in [1.165, 1.54) is 31.1 Å². The highest BCUT2D eigenvalue weighted by Crippen LogP contribution is 2.39. The number of aliphatic hydroxyl groups excluding tert-OH is 2. The predicted molar refractivity (Wildman–Crippen MR) is 465 cm³/mol. The average Bonchev–Trinajstić information content (AvgIpc) is 1.46. The molecule has 1 saturated carbocycles. The second-order valence-electron chi connectivity index (χ2n) is 32.9. The van der Waals surface area contributed by atoms with Gasteiger partial charge in [0.1, 0.15) is 48.0 Å². The topological polar surface area (TPSA) is 448 Å². The zero-order valence-electron chi connectivity index (χ0n) is 73.5. The van der Waals surface area contributed by atoms with Crippen LogP contribution in [0.25, 0.3) is 22.3 Å². The first kappa shape index (κ1) is 99.8. The minimum atomic E-state index is -2.49. The summed E-state index contributed by atoms with van der Waals surface area (Å²) in [6.45, 7) is 17.8. The Morgan fingerprint density at radius 3 is 2.20 bits per heavy atom. The average molecular weight is 1750 g/mol. The number of carbonyl (C=O) groups excluding carboxylic acids is 7. The zero-order chi connectivity index (χ0) is 88.9. The first-order valence-corrected chi connectivity index (χ1v) is 45.0. The Hall–Kier alpha value is -7.98. The van der Waals surface area contributed by atoms with Crippen molar-refractivity contribution in [1.29, 1.82) is 0 Å². The van der Waals surface area contributed by atoms with E-state index in [1.54, 1.807) is 62.6 Å². The number of ether oxygens (including phenoxy) is 11. The number of fused-ring (bicyclic) bond motifs is 4. The van der Waals surface area contributed by atoms with E-state index in [1.807, 2.05) is 56.5 Å². The number of cyclic esters (lactones) is 1. The predicted octanol–water partition coefficient (Wildman–Crippen LogP) is 7.16. The van der Waals surface area contributed by atoms with Crippen LogP contribution >= 0.6 is 11.8 Å². The highest BCUT2D eigenvalue weighted by molar-refractivity contribution is 8.14. The number of methoxy groups -OCH3 is 2. The van der Waals surface area contributed by atoms with Gasteiger partial charge in [0.25, 0.3) is 17.6 Å². The van der Waals surface area contributed by atoms with Gasteiger partial charge in [0.2, 0.25) is 11.7 Å². The SMILES string of the molecule is CO[C@H]1C[C@@H]2CC[C@@H](C)[C@@](O)(O2)C(=O)C(=O)N2CCCC[C@H]2C(=O)O[C@H]([C@H](N)C[C@@H]2CC[C@@H](OCCCCc3cn(CCOCCOCCOCCOCCOCCOCCC(=O)NCCCCn4nc(-c5cccc(C(=O)NC6=NCCS6)c5)c5c(N)ncnc54)nn3)[C@H](OC)C2)CC(=O)[C@H](C)/C=C(\C)[C@@H](O)[C@@H](O)C(=O)[C@H](C)C[C@H](C)/C=C/C=CC=C1C. The lowest BCUT2D eigenvalue weighted by molar-refractivity contribution is -0.265. The Labute approximate surface area is 731 Å². The molecule has 1 aliphatic carbocycles. The monoisotopic (exact) mass is 1750 g/mol. The maximum absolute atomic E-state index is 14.7. The van der Waals surface area contributed by atoms with E-state index in [2.05, 4.69) is 35.9 Å². The van der Waals surface area contributed by atoms with Gasteiger partial charge in [-0.1, -0.05) is 93.3 Å². The normalized spacial score (nSPS) is 26.7. The molecule has 1 aromatic carbocycles. The van der Waals surface area contributed by atoms with E-state index in [9.17, 15) is 48.9 Å². The Morgan fingerprint density at radius 2 is 1.49 bits per heavy atom. The number of unbranched alkanes of at least 4 members (excludes halogenated alkanes) is 2. The molecule has 2 bridgehead atoms. The Morgan fingerprint density at radius 1 is 0.766 bits per heavy atom. The number of hydrogen-bond acceptors (Lipinski definition) is 30. The van der Waals surface area contributed by atoms with Crippen LogP contribution in [-0.2, 0) is 100 Å². The molecule has 5 aliphatic rings.